The summed E-state index contributed by atoms with van der Waals surface area (Å²) in [5.41, 5.74) is -0.582. The molecule has 0 spiro atoms. The summed E-state index contributed by atoms with van der Waals surface area (Å²) in [7, 11) is 1.66. The number of hydrogen-bond acceptors (Lipinski definition) is 2. The minimum Gasteiger partial charge on any atom is -0.481 e. The van der Waals surface area contributed by atoms with Crippen molar-refractivity contribution in [1.82, 2.24) is 0 Å². The molecule has 2 unspecified atom stereocenters. The third-order valence-electron chi connectivity index (χ3n) is 3.01. The largest absolute Gasteiger partial charge is 0.481 e. The molecule has 0 aromatic carbocycles. The second-order valence-corrected chi connectivity index (χ2v) is 4.15. The van der Waals surface area contributed by atoms with E-state index < -0.39 is 11.4 Å². The van der Waals surface area contributed by atoms with Crippen LogP contribution in [0.25, 0.3) is 0 Å². The van der Waals surface area contributed by atoms with Gasteiger partial charge in [0, 0.05) is 7.11 Å². The Morgan fingerprint density at radius 3 is 2.86 bits per heavy atom. The number of aliphatic carboxylic acids is 1. The highest BCUT2D eigenvalue weighted by Gasteiger charge is 2.33. The predicted molar refractivity (Wildman–Crippen MR) is 54.1 cm³/mol. The van der Waals surface area contributed by atoms with Crippen molar-refractivity contribution in [1.29, 1.82) is 0 Å². The molecule has 0 aromatic heterocycles. The monoisotopic (exact) mass is 198 g/mol. The molecule has 0 saturated heterocycles. The van der Waals surface area contributed by atoms with Crippen LogP contribution in [0, 0.1) is 5.41 Å². The molecule has 1 aliphatic carbocycles. The first kappa shape index (κ1) is 11.2. The average Bonchev–Trinajstić information content (AvgIpc) is 2.12. The van der Waals surface area contributed by atoms with Gasteiger partial charge in [0.1, 0.15) is 0 Å². The number of ether oxygens (including phenoxy) is 1. The van der Waals surface area contributed by atoms with E-state index in [-0.39, 0.29) is 6.10 Å². The Labute approximate surface area is 84.8 Å². The van der Waals surface area contributed by atoms with Gasteiger partial charge in [0.05, 0.1) is 11.5 Å². The Morgan fingerprint density at radius 1 is 1.57 bits per heavy atom. The van der Waals surface area contributed by atoms with Gasteiger partial charge in [0.25, 0.3) is 0 Å². The van der Waals surface area contributed by atoms with Crippen molar-refractivity contribution in [2.24, 2.45) is 5.41 Å². The van der Waals surface area contributed by atoms with Crippen LogP contribution >= 0.6 is 0 Å². The minimum atomic E-state index is -0.692. The zero-order chi connectivity index (χ0) is 10.6. The number of rotatable bonds is 2. The molecule has 0 saturated carbocycles. The minimum absolute atomic E-state index is 0.0778. The van der Waals surface area contributed by atoms with Gasteiger partial charge >= 0.3 is 5.97 Å². The standard InChI is InChI=1S/C11H18O3/c1-11(10(12)13)7-4-3-5-9(14-2)6-8-11/h3,5,9H,4,6-8H2,1-2H3,(H,12,13)/b5-3+. The SMILES string of the molecule is COC1/C=C/CCC(C)(C(=O)O)CC1. The van der Waals surface area contributed by atoms with Crippen molar-refractivity contribution in [2.45, 2.75) is 38.7 Å². The van der Waals surface area contributed by atoms with Crippen LogP contribution in [0.4, 0.5) is 0 Å². The van der Waals surface area contributed by atoms with Gasteiger partial charge in [-0.25, -0.2) is 0 Å². The summed E-state index contributed by atoms with van der Waals surface area (Å²) in [6, 6.07) is 0. The first-order valence-corrected chi connectivity index (χ1v) is 5.01. The molecule has 0 radical (unpaired) electrons. The van der Waals surface area contributed by atoms with Gasteiger partial charge in [-0.1, -0.05) is 12.2 Å². The second kappa shape index (κ2) is 4.60. The predicted octanol–water partition coefficient (Wildman–Crippen LogP) is 2.22. The molecule has 1 rings (SSSR count). The van der Waals surface area contributed by atoms with Crippen LogP contribution in [0.2, 0.25) is 0 Å². The van der Waals surface area contributed by atoms with Gasteiger partial charge in [0.15, 0.2) is 0 Å². The van der Waals surface area contributed by atoms with Gasteiger partial charge in [-0.15, -0.1) is 0 Å². The van der Waals surface area contributed by atoms with E-state index in [2.05, 4.69) is 0 Å². The Bertz CT molecular complexity index is 235. The van der Waals surface area contributed by atoms with Crippen LogP contribution in [-0.2, 0) is 9.53 Å². The highest BCUT2D eigenvalue weighted by Crippen LogP contribution is 2.32. The van der Waals surface area contributed by atoms with Gasteiger partial charge < -0.3 is 9.84 Å². The molecular weight excluding hydrogens is 180 g/mol. The van der Waals surface area contributed by atoms with Crippen molar-refractivity contribution in [3.8, 4) is 0 Å². The summed E-state index contributed by atoms with van der Waals surface area (Å²) < 4.78 is 5.22. The summed E-state index contributed by atoms with van der Waals surface area (Å²) in [6.45, 7) is 1.82. The molecule has 2 atom stereocenters. The lowest BCUT2D eigenvalue weighted by Gasteiger charge is -2.27. The fourth-order valence-corrected chi connectivity index (χ4v) is 1.74. The summed E-state index contributed by atoms with van der Waals surface area (Å²) in [6.07, 6.45) is 7.14. The van der Waals surface area contributed by atoms with Crippen molar-refractivity contribution < 1.29 is 14.6 Å². The van der Waals surface area contributed by atoms with Crippen LogP contribution in [0.3, 0.4) is 0 Å². The van der Waals surface area contributed by atoms with E-state index in [0.717, 1.165) is 19.3 Å². The molecule has 3 heteroatoms. The molecule has 0 fully saturated rings. The van der Waals surface area contributed by atoms with E-state index in [1.54, 1.807) is 7.11 Å². The van der Waals surface area contributed by atoms with E-state index in [0.29, 0.717) is 6.42 Å². The Balaban J connectivity index is 2.68. The number of hydrogen-bond donors (Lipinski definition) is 1. The first-order chi connectivity index (χ1) is 6.58. The molecular formula is C11H18O3. The zero-order valence-electron chi connectivity index (χ0n) is 8.82. The zero-order valence-corrected chi connectivity index (χ0v) is 8.82. The molecule has 0 amide bonds. The summed E-state index contributed by atoms with van der Waals surface area (Å²) in [4.78, 5) is 11.1. The number of allylic oxidation sites excluding steroid dienone is 1. The van der Waals surface area contributed by atoms with Crippen LogP contribution in [0.1, 0.15) is 32.6 Å². The van der Waals surface area contributed by atoms with Gasteiger partial charge in [0.2, 0.25) is 0 Å². The van der Waals surface area contributed by atoms with Crippen molar-refractivity contribution in [2.75, 3.05) is 7.11 Å². The third kappa shape index (κ3) is 2.58. The number of carboxylic acids is 1. The number of methoxy groups -OCH3 is 1. The Kier molecular flexibility index (Phi) is 3.69. The second-order valence-electron chi connectivity index (χ2n) is 4.15. The summed E-state index contributed by atoms with van der Waals surface area (Å²) in [5, 5.41) is 9.11. The Morgan fingerprint density at radius 2 is 2.29 bits per heavy atom. The highest BCUT2D eigenvalue weighted by atomic mass is 16.5. The van der Waals surface area contributed by atoms with Crippen molar-refractivity contribution >= 4 is 5.97 Å². The van der Waals surface area contributed by atoms with Gasteiger partial charge in [-0.3, -0.25) is 4.79 Å². The lowest BCUT2D eigenvalue weighted by Crippen LogP contribution is -2.29. The molecule has 0 aliphatic heterocycles. The van der Waals surface area contributed by atoms with Crippen LogP contribution in [0.15, 0.2) is 12.2 Å². The maximum atomic E-state index is 11.1. The van der Waals surface area contributed by atoms with E-state index >= 15 is 0 Å². The molecule has 1 aliphatic rings. The molecule has 3 nitrogen and oxygen atoms in total. The molecule has 80 valence electrons. The number of carbonyl (C=O) groups is 1. The first-order valence-electron chi connectivity index (χ1n) is 5.01. The summed E-state index contributed by atoms with van der Waals surface area (Å²) >= 11 is 0. The molecule has 0 aromatic rings. The van der Waals surface area contributed by atoms with E-state index in [1.165, 1.54) is 0 Å². The average molecular weight is 198 g/mol. The quantitative estimate of drug-likeness (QED) is 0.692. The molecule has 0 heterocycles. The topological polar surface area (TPSA) is 46.5 Å². The van der Waals surface area contributed by atoms with Crippen LogP contribution in [-0.4, -0.2) is 24.3 Å². The Hall–Kier alpha value is -0.830. The van der Waals surface area contributed by atoms with Crippen LogP contribution in [0.5, 0.6) is 0 Å². The smallest absolute Gasteiger partial charge is 0.309 e. The lowest BCUT2D eigenvalue weighted by molar-refractivity contribution is -0.149. The number of carboxylic acid groups (broad SMARTS) is 1. The third-order valence-corrected chi connectivity index (χ3v) is 3.01. The fraction of sp³-hybridized carbons (Fsp3) is 0.727. The molecule has 1 N–H and O–H groups in total. The molecule has 0 bridgehead atoms. The molecule has 14 heavy (non-hydrogen) atoms. The normalized spacial score (nSPS) is 35.7. The maximum Gasteiger partial charge on any atom is 0.309 e. The van der Waals surface area contributed by atoms with Crippen molar-refractivity contribution in [3.05, 3.63) is 12.2 Å². The van der Waals surface area contributed by atoms with Crippen molar-refractivity contribution in [3.63, 3.8) is 0 Å². The van der Waals surface area contributed by atoms with E-state index in [1.807, 2.05) is 19.1 Å². The van der Waals surface area contributed by atoms with E-state index in [4.69, 9.17) is 9.84 Å². The maximum absolute atomic E-state index is 11.1. The van der Waals surface area contributed by atoms with Crippen LogP contribution < -0.4 is 0 Å². The van der Waals surface area contributed by atoms with E-state index in [9.17, 15) is 4.79 Å². The highest BCUT2D eigenvalue weighted by molar-refractivity contribution is 5.74. The fourth-order valence-electron chi connectivity index (χ4n) is 1.74. The lowest BCUT2D eigenvalue weighted by atomic mass is 9.79. The summed E-state index contributed by atoms with van der Waals surface area (Å²) in [5.74, 6) is -0.692. The van der Waals surface area contributed by atoms with Gasteiger partial charge in [-0.05, 0) is 32.6 Å². The van der Waals surface area contributed by atoms with Gasteiger partial charge in [-0.2, -0.15) is 0 Å².